The molecule has 0 amide bonds. The number of esters is 1. The molecule has 1 aromatic rings. The zero-order valence-corrected chi connectivity index (χ0v) is 11.3. The first-order chi connectivity index (χ1) is 8.46. The van der Waals surface area contributed by atoms with Gasteiger partial charge in [-0.3, -0.25) is 0 Å². The summed E-state index contributed by atoms with van der Waals surface area (Å²) in [7, 11) is 0. The molecular weight excluding hydrogens is 226 g/mol. The second-order valence-corrected chi connectivity index (χ2v) is 5.78. The van der Waals surface area contributed by atoms with Crippen LogP contribution in [-0.4, -0.2) is 17.6 Å². The standard InChI is InChI=1S/C15H21NO2/c1-15(2,3)18-14(17)13-10-6-8-11-7-4-5-9-12(11)16-13/h4-5,7,9,13,16H,6,8,10H2,1-3H3. The molecule has 2 rings (SSSR count). The minimum atomic E-state index is -0.426. The smallest absolute Gasteiger partial charge is 0.329 e. The van der Waals surface area contributed by atoms with E-state index in [4.69, 9.17) is 4.74 Å². The molecule has 18 heavy (non-hydrogen) atoms. The highest BCUT2D eigenvalue weighted by Crippen LogP contribution is 2.24. The van der Waals surface area contributed by atoms with Crippen molar-refractivity contribution in [2.45, 2.75) is 51.7 Å². The van der Waals surface area contributed by atoms with E-state index in [2.05, 4.69) is 11.4 Å². The summed E-state index contributed by atoms with van der Waals surface area (Å²) in [5, 5.41) is 3.31. The Morgan fingerprint density at radius 1 is 1.33 bits per heavy atom. The zero-order chi connectivity index (χ0) is 13.2. The van der Waals surface area contributed by atoms with E-state index in [0.29, 0.717) is 0 Å². The van der Waals surface area contributed by atoms with E-state index in [9.17, 15) is 4.79 Å². The van der Waals surface area contributed by atoms with Gasteiger partial charge in [0.15, 0.2) is 0 Å². The van der Waals surface area contributed by atoms with Crippen LogP contribution in [0.3, 0.4) is 0 Å². The van der Waals surface area contributed by atoms with Gasteiger partial charge in [0.25, 0.3) is 0 Å². The van der Waals surface area contributed by atoms with Crippen molar-refractivity contribution in [3.63, 3.8) is 0 Å². The van der Waals surface area contributed by atoms with Gasteiger partial charge in [0, 0.05) is 5.69 Å². The van der Waals surface area contributed by atoms with E-state index in [1.807, 2.05) is 39.0 Å². The Morgan fingerprint density at radius 2 is 2.06 bits per heavy atom. The highest BCUT2D eigenvalue weighted by Gasteiger charge is 2.26. The normalized spacial score (nSPS) is 19.4. The maximum atomic E-state index is 12.1. The van der Waals surface area contributed by atoms with Gasteiger partial charge in [-0.05, 0) is 51.7 Å². The number of benzene rings is 1. The van der Waals surface area contributed by atoms with Gasteiger partial charge in [-0.1, -0.05) is 18.2 Å². The van der Waals surface area contributed by atoms with E-state index in [1.54, 1.807) is 0 Å². The summed E-state index contributed by atoms with van der Waals surface area (Å²) in [6.45, 7) is 5.70. The number of carbonyl (C=O) groups is 1. The van der Waals surface area contributed by atoms with Gasteiger partial charge in [0.2, 0.25) is 0 Å². The second-order valence-electron chi connectivity index (χ2n) is 5.78. The van der Waals surface area contributed by atoms with E-state index in [1.165, 1.54) is 5.56 Å². The number of hydrogen-bond acceptors (Lipinski definition) is 3. The summed E-state index contributed by atoms with van der Waals surface area (Å²) >= 11 is 0. The fourth-order valence-corrected chi connectivity index (χ4v) is 2.19. The number of anilines is 1. The first-order valence-electron chi connectivity index (χ1n) is 6.53. The van der Waals surface area contributed by atoms with Crippen LogP contribution in [0.15, 0.2) is 24.3 Å². The molecule has 0 radical (unpaired) electrons. The molecule has 3 heteroatoms. The van der Waals surface area contributed by atoms with E-state index in [-0.39, 0.29) is 12.0 Å². The zero-order valence-electron chi connectivity index (χ0n) is 11.3. The van der Waals surface area contributed by atoms with Crippen LogP contribution in [-0.2, 0) is 16.0 Å². The van der Waals surface area contributed by atoms with Crippen molar-refractivity contribution in [3.05, 3.63) is 29.8 Å². The van der Waals surface area contributed by atoms with Crippen molar-refractivity contribution in [2.24, 2.45) is 0 Å². The fourth-order valence-electron chi connectivity index (χ4n) is 2.19. The van der Waals surface area contributed by atoms with Gasteiger partial charge < -0.3 is 10.1 Å². The average Bonchev–Trinajstić information content (AvgIpc) is 2.48. The molecule has 1 N–H and O–H groups in total. The SMILES string of the molecule is CC(C)(C)OC(=O)C1CCCc2ccccc2N1. The number of hydrogen-bond donors (Lipinski definition) is 1. The molecule has 0 aromatic heterocycles. The highest BCUT2D eigenvalue weighted by atomic mass is 16.6. The van der Waals surface area contributed by atoms with Crippen molar-refractivity contribution in [2.75, 3.05) is 5.32 Å². The number of nitrogens with one attached hydrogen (secondary N) is 1. The van der Waals surface area contributed by atoms with Crippen molar-refractivity contribution >= 4 is 11.7 Å². The van der Waals surface area contributed by atoms with E-state index in [0.717, 1.165) is 24.9 Å². The molecule has 0 saturated heterocycles. The van der Waals surface area contributed by atoms with Crippen LogP contribution in [0, 0.1) is 0 Å². The summed E-state index contributed by atoms with van der Waals surface area (Å²) < 4.78 is 5.45. The van der Waals surface area contributed by atoms with Gasteiger partial charge in [-0.15, -0.1) is 0 Å². The second kappa shape index (κ2) is 5.01. The predicted octanol–water partition coefficient (Wildman–Crippen LogP) is 3.15. The molecule has 1 unspecified atom stereocenters. The van der Waals surface area contributed by atoms with Crippen LogP contribution in [0.4, 0.5) is 5.69 Å². The lowest BCUT2D eigenvalue weighted by molar-refractivity contribution is -0.155. The van der Waals surface area contributed by atoms with Gasteiger partial charge >= 0.3 is 5.97 Å². The number of carbonyl (C=O) groups excluding carboxylic acids is 1. The Hall–Kier alpha value is -1.51. The van der Waals surface area contributed by atoms with Crippen LogP contribution >= 0.6 is 0 Å². The number of para-hydroxylation sites is 1. The maximum absolute atomic E-state index is 12.1. The molecule has 1 aliphatic heterocycles. The van der Waals surface area contributed by atoms with Crippen LogP contribution < -0.4 is 5.32 Å². The molecule has 0 saturated carbocycles. The predicted molar refractivity (Wildman–Crippen MR) is 72.6 cm³/mol. The quantitative estimate of drug-likeness (QED) is 0.775. The lowest BCUT2D eigenvalue weighted by Gasteiger charge is -2.24. The molecule has 98 valence electrons. The van der Waals surface area contributed by atoms with Gasteiger partial charge in [0.1, 0.15) is 11.6 Å². The Bertz CT molecular complexity index is 434. The van der Waals surface area contributed by atoms with Crippen molar-refractivity contribution in [3.8, 4) is 0 Å². The Labute approximate surface area is 109 Å². The minimum absolute atomic E-state index is 0.154. The van der Waals surface area contributed by atoms with Crippen LogP contribution in [0.1, 0.15) is 39.2 Å². The average molecular weight is 247 g/mol. The molecule has 1 aromatic carbocycles. The number of ether oxygens (including phenoxy) is 1. The first-order valence-corrected chi connectivity index (χ1v) is 6.53. The molecule has 3 nitrogen and oxygen atoms in total. The highest BCUT2D eigenvalue weighted by molar-refractivity contribution is 5.80. The number of aryl methyl sites for hydroxylation is 1. The van der Waals surface area contributed by atoms with Crippen molar-refractivity contribution in [1.82, 2.24) is 0 Å². The Balaban J connectivity index is 2.10. The minimum Gasteiger partial charge on any atom is -0.458 e. The summed E-state index contributed by atoms with van der Waals surface area (Å²) in [6, 6.07) is 7.93. The summed E-state index contributed by atoms with van der Waals surface area (Å²) in [5.74, 6) is -0.154. The molecule has 1 aliphatic rings. The van der Waals surface area contributed by atoms with Crippen molar-refractivity contribution in [1.29, 1.82) is 0 Å². The van der Waals surface area contributed by atoms with Gasteiger partial charge in [-0.2, -0.15) is 0 Å². The lowest BCUT2D eigenvalue weighted by Crippen LogP contribution is -2.36. The number of rotatable bonds is 1. The molecule has 0 aliphatic carbocycles. The Kier molecular flexibility index (Phi) is 3.60. The number of fused-ring (bicyclic) bond motifs is 1. The third kappa shape index (κ3) is 3.25. The van der Waals surface area contributed by atoms with Gasteiger partial charge in [-0.25, -0.2) is 4.79 Å². The lowest BCUT2D eigenvalue weighted by atomic mass is 10.1. The topological polar surface area (TPSA) is 38.3 Å². The summed E-state index contributed by atoms with van der Waals surface area (Å²) in [5.41, 5.74) is 1.92. The maximum Gasteiger partial charge on any atom is 0.329 e. The third-order valence-electron chi connectivity index (χ3n) is 2.98. The van der Waals surface area contributed by atoms with E-state index < -0.39 is 5.60 Å². The largest absolute Gasteiger partial charge is 0.458 e. The van der Waals surface area contributed by atoms with Crippen LogP contribution in [0.25, 0.3) is 0 Å². The fraction of sp³-hybridized carbons (Fsp3) is 0.533. The molecule has 0 fully saturated rings. The van der Waals surface area contributed by atoms with E-state index >= 15 is 0 Å². The third-order valence-corrected chi connectivity index (χ3v) is 2.98. The summed E-state index contributed by atoms with van der Waals surface area (Å²) in [4.78, 5) is 12.1. The monoisotopic (exact) mass is 247 g/mol. The Morgan fingerprint density at radius 3 is 2.78 bits per heavy atom. The molecular formula is C15H21NO2. The first kappa shape index (κ1) is 12.9. The molecule has 1 atom stereocenters. The molecule has 1 heterocycles. The van der Waals surface area contributed by atoms with Crippen LogP contribution in [0.2, 0.25) is 0 Å². The molecule has 0 spiro atoms. The van der Waals surface area contributed by atoms with Crippen molar-refractivity contribution < 1.29 is 9.53 Å². The summed E-state index contributed by atoms with van der Waals surface area (Å²) in [6.07, 6.45) is 2.85. The van der Waals surface area contributed by atoms with Gasteiger partial charge in [0.05, 0.1) is 0 Å². The molecule has 0 bridgehead atoms. The van der Waals surface area contributed by atoms with Crippen LogP contribution in [0.5, 0.6) is 0 Å².